The Morgan fingerprint density at radius 1 is 1.15 bits per heavy atom. The predicted molar refractivity (Wildman–Crippen MR) is 86.1 cm³/mol. The van der Waals surface area contributed by atoms with Crippen molar-refractivity contribution in [1.82, 2.24) is 5.32 Å². The molecular weight excluding hydrogens is 319 g/mol. The number of benzene rings is 2. The van der Waals surface area contributed by atoms with E-state index in [9.17, 15) is 4.39 Å². The van der Waals surface area contributed by atoms with E-state index in [1.807, 2.05) is 37.2 Å². The summed E-state index contributed by atoms with van der Waals surface area (Å²) in [7, 11) is 3.80. The molecule has 0 aromatic heterocycles. The summed E-state index contributed by atoms with van der Waals surface area (Å²) in [5.41, 5.74) is 2.67. The molecule has 2 rings (SSSR count). The van der Waals surface area contributed by atoms with E-state index in [2.05, 4.69) is 34.2 Å². The van der Waals surface area contributed by atoms with Crippen molar-refractivity contribution >= 4 is 27.3 Å². The number of halogens is 2. The van der Waals surface area contributed by atoms with Crippen molar-refractivity contribution in [2.45, 2.75) is 13.0 Å². The molecule has 0 radical (unpaired) electrons. The fraction of sp³-hybridized carbons (Fsp3) is 0.250. The highest BCUT2D eigenvalue weighted by atomic mass is 79.9. The van der Waals surface area contributed by atoms with Crippen LogP contribution in [0.3, 0.4) is 0 Å². The van der Waals surface area contributed by atoms with Crippen LogP contribution in [0.4, 0.5) is 15.8 Å². The highest BCUT2D eigenvalue weighted by Gasteiger charge is 2.16. The number of rotatable bonds is 4. The Hall–Kier alpha value is -1.39. The second-order valence-corrected chi connectivity index (χ2v) is 5.64. The highest BCUT2D eigenvalue weighted by molar-refractivity contribution is 9.10. The SMILES string of the molecule is CNC(C)c1ccc(Br)cc1N(C)c1ccccc1F. The minimum atomic E-state index is -0.224. The van der Waals surface area contributed by atoms with Gasteiger partial charge in [-0.3, -0.25) is 0 Å². The summed E-state index contributed by atoms with van der Waals surface area (Å²) in [6, 6.07) is 13.1. The number of nitrogens with zero attached hydrogens (tertiary/aromatic N) is 1. The summed E-state index contributed by atoms with van der Waals surface area (Å²) in [5.74, 6) is -0.224. The van der Waals surface area contributed by atoms with Crippen molar-refractivity contribution in [2.24, 2.45) is 0 Å². The third-order valence-corrected chi connectivity index (χ3v) is 3.96. The van der Waals surface area contributed by atoms with E-state index in [0.29, 0.717) is 5.69 Å². The molecule has 0 aliphatic rings. The lowest BCUT2D eigenvalue weighted by Gasteiger charge is -2.25. The van der Waals surface area contributed by atoms with Crippen LogP contribution in [0.5, 0.6) is 0 Å². The van der Waals surface area contributed by atoms with Gasteiger partial charge in [-0.1, -0.05) is 34.1 Å². The third-order valence-electron chi connectivity index (χ3n) is 3.47. The molecule has 2 aromatic rings. The Kier molecular flexibility index (Phi) is 4.78. The van der Waals surface area contributed by atoms with E-state index in [1.165, 1.54) is 6.07 Å². The summed E-state index contributed by atoms with van der Waals surface area (Å²) < 4.78 is 14.9. The van der Waals surface area contributed by atoms with Crippen molar-refractivity contribution in [2.75, 3.05) is 19.0 Å². The summed E-state index contributed by atoms with van der Waals surface area (Å²) in [6.45, 7) is 2.09. The minimum absolute atomic E-state index is 0.187. The first-order valence-electron chi connectivity index (χ1n) is 6.49. The smallest absolute Gasteiger partial charge is 0.146 e. The summed E-state index contributed by atoms with van der Waals surface area (Å²) in [4.78, 5) is 1.88. The van der Waals surface area contributed by atoms with Crippen LogP contribution in [0.25, 0.3) is 0 Å². The molecule has 2 nitrogen and oxygen atoms in total. The average molecular weight is 337 g/mol. The van der Waals surface area contributed by atoms with Crippen LogP contribution in [-0.4, -0.2) is 14.1 Å². The van der Waals surface area contributed by atoms with Crippen LogP contribution >= 0.6 is 15.9 Å². The molecule has 0 aliphatic heterocycles. The Balaban J connectivity index is 2.51. The van der Waals surface area contributed by atoms with E-state index < -0.39 is 0 Å². The molecule has 1 atom stereocenters. The predicted octanol–water partition coefficient (Wildman–Crippen LogP) is 4.64. The van der Waals surface area contributed by atoms with Crippen molar-refractivity contribution in [3.8, 4) is 0 Å². The molecule has 4 heteroatoms. The maximum absolute atomic E-state index is 14.0. The standard InChI is InChI=1S/C16H18BrFN2/c1-11(19-2)13-9-8-12(17)10-16(13)20(3)15-7-5-4-6-14(15)18/h4-11,19H,1-3H3. The summed E-state index contributed by atoms with van der Waals surface area (Å²) in [6.07, 6.45) is 0. The zero-order chi connectivity index (χ0) is 14.7. The lowest BCUT2D eigenvalue weighted by atomic mass is 10.0. The first-order chi connectivity index (χ1) is 9.54. The quantitative estimate of drug-likeness (QED) is 0.875. The van der Waals surface area contributed by atoms with Gasteiger partial charge in [0, 0.05) is 23.2 Å². The molecule has 1 N–H and O–H groups in total. The lowest BCUT2D eigenvalue weighted by molar-refractivity contribution is 0.626. The third kappa shape index (κ3) is 3.02. The van der Waals surface area contributed by atoms with Gasteiger partial charge in [-0.15, -0.1) is 0 Å². The van der Waals surface area contributed by atoms with Crippen molar-refractivity contribution in [1.29, 1.82) is 0 Å². The van der Waals surface area contributed by atoms with Crippen molar-refractivity contribution in [3.05, 3.63) is 58.3 Å². The van der Waals surface area contributed by atoms with Gasteiger partial charge in [-0.25, -0.2) is 4.39 Å². The van der Waals surface area contributed by atoms with Gasteiger partial charge in [0.25, 0.3) is 0 Å². The van der Waals surface area contributed by atoms with Crippen LogP contribution in [0.2, 0.25) is 0 Å². The summed E-state index contributed by atoms with van der Waals surface area (Å²) in [5, 5.41) is 3.23. The molecule has 0 fully saturated rings. The first kappa shape index (κ1) is 15.0. The fourth-order valence-corrected chi connectivity index (χ4v) is 2.53. The first-order valence-corrected chi connectivity index (χ1v) is 7.29. The van der Waals surface area contributed by atoms with Gasteiger partial charge in [0.2, 0.25) is 0 Å². The van der Waals surface area contributed by atoms with Gasteiger partial charge in [0.1, 0.15) is 5.82 Å². The molecule has 0 bridgehead atoms. The number of nitrogens with one attached hydrogen (secondary N) is 1. The average Bonchev–Trinajstić information content (AvgIpc) is 2.46. The number of hydrogen-bond donors (Lipinski definition) is 1. The van der Waals surface area contributed by atoms with Gasteiger partial charge in [0.15, 0.2) is 0 Å². The Morgan fingerprint density at radius 3 is 2.50 bits per heavy atom. The topological polar surface area (TPSA) is 15.3 Å². The van der Waals surface area contributed by atoms with Crippen molar-refractivity contribution < 1.29 is 4.39 Å². The van der Waals surface area contributed by atoms with Crippen LogP contribution < -0.4 is 10.2 Å². The van der Waals surface area contributed by atoms with E-state index >= 15 is 0 Å². The fourth-order valence-electron chi connectivity index (χ4n) is 2.18. The number of para-hydroxylation sites is 1. The van der Waals surface area contributed by atoms with Gasteiger partial charge >= 0.3 is 0 Å². The van der Waals surface area contributed by atoms with Gasteiger partial charge in [-0.2, -0.15) is 0 Å². The molecule has 106 valence electrons. The molecule has 1 unspecified atom stereocenters. The highest BCUT2D eigenvalue weighted by Crippen LogP contribution is 2.34. The van der Waals surface area contributed by atoms with Gasteiger partial charge in [-0.05, 0) is 43.8 Å². The van der Waals surface area contributed by atoms with Crippen LogP contribution in [-0.2, 0) is 0 Å². The van der Waals surface area contributed by atoms with Gasteiger partial charge in [0.05, 0.1) is 5.69 Å². The molecule has 2 aromatic carbocycles. The van der Waals surface area contributed by atoms with Crippen molar-refractivity contribution in [3.63, 3.8) is 0 Å². The van der Waals surface area contributed by atoms with Gasteiger partial charge < -0.3 is 10.2 Å². The number of anilines is 2. The maximum Gasteiger partial charge on any atom is 0.146 e. The Bertz CT molecular complexity index is 601. The molecule has 0 heterocycles. The van der Waals surface area contributed by atoms with E-state index in [1.54, 1.807) is 12.1 Å². The molecule has 0 saturated carbocycles. The molecular formula is C16H18BrFN2. The molecule has 0 spiro atoms. The zero-order valence-corrected chi connectivity index (χ0v) is 13.4. The Morgan fingerprint density at radius 2 is 1.85 bits per heavy atom. The largest absolute Gasteiger partial charge is 0.342 e. The van der Waals surface area contributed by atoms with E-state index in [-0.39, 0.29) is 11.9 Å². The lowest BCUT2D eigenvalue weighted by Crippen LogP contribution is -2.19. The Labute approximate surface area is 127 Å². The second-order valence-electron chi connectivity index (χ2n) is 4.72. The minimum Gasteiger partial charge on any atom is -0.342 e. The molecule has 20 heavy (non-hydrogen) atoms. The zero-order valence-electron chi connectivity index (χ0n) is 11.8. The second kappa shape index (κ2) is 6.37. The van der Waals surface area contributed by atoms with E-state index in [4.69, 9.17) is 0 Å². The summed E-state index contributed by atoms with van der Waals surface area (Å²) >= 11 is 3.49. The molecule has 0 aliphatic carbocycles. The maximum atomic E-state index is 14.0. The normalized spacial score (nSPS) is 12.2. The monoisotopic (exact) mass is 336 g/mol. The van der Waals surface area contributed by atoms with Crippen LogP contribution in [0, 0.1) is 5.82 Å². The van der Waals surface area contributed by atoms with Crippen LogP contribution in [0.1, 0.15) is 18.5 Å². The van der Waals surface area contributed by atoms with Crippen LogP contribution in [0.15, 0.2) is 46.9 Å². The molecule has 0 amide bonds. The molecule has 0 saturated heterocycles. The van der Waals surface area contributed by atoms with E-state index in [0.717, 1.165) is 15.7 Å². The number of hydrogen-bond acceptors (Lipinski definition) is 2.